The van der Waals surface area contributed by atoms with Crippen molar-refractivity contribution < 1.29 is 0 Å². The van der Waals surface area contributed by atoms with Gasteiger partial charge in [-0.25, -0.2) is 0 Å². The Labute approximate surface area is 74.5 Å². The maximum Gasteiger partial charge on any atom is 0.0227 e. The van der Waals surface area contributed by atoms with E-state index in [9.17, 15) is 0 Å². The third-order valence-corrected chi connectivity index (χ3v) is 3.59. The molecule has 0 atom stereocenters. The van der Waals surface area contributed by atoms with Gasteiger partial charge in [0.15, 0.2) is 0 Å². The molecule has 0 saturated carbocycles. The van der Waals surface area contributed by atoms with Crippen LogP contribution in [0.1, 0.15) is 26.7 Å². The largest absolute Gasteiger partial charge is 0.302 e. The van der Waals surface area contributed by atoms with E-state index in [0.717, 1.165) is 0 Å². The molecule has 1 saturated heterocycles. The number of rotatable bonds is 3. The van der Waals surface area contributed by atoms with Crippen molar-refractivity contribution in [3.63, 3.8) is 0 Å². The zero-order valence-electron chi connectivity index (χ0n) is 7.89. The van der Waals surface area contributed by atoms with Crippen molar-refractivity contribution in [2.24, 2.45) is 0 Å². The van der Waals surface area contributed by atoms with E-state index in [1.54, 1.807) is 0 Å². The van der Waals surface area contributed by atoms with Gasteiger partial charge < -0.3 is 4.90 Å². The van der Waals surface area contributed by atoms with Gasteiger partial charge in [0.05, 0.1) is 0 Å². The first-order valence-corrected chi connectivity index (χ1v) is 5.64. The molecule has 1 nitrogen and oxygen atoms in total. The van der Waals surface area contributed by atoms with Gasteiger partial charge in [0.2, 0.25) is 0 Å². The molecule has 0 aromatic carbocycles. The molecule has 2 heteroatoms. The van der Waals surface area contributed by atoms with Crippen LogP contribution in [0.15, 0.2) is 0 Å². The second kappa shape index (κ2) is 3.81. The minimum absolute atomic E-state index is 0.449. The van der Waals surface area contributed by atoms with Crippen LogP contribution in [0.2, 0.25) is 0 Å². The first kappa shape index (κ1) is 9.40. The molecule has 0 amide bonds. The van der Waals surface area contributed by atoms with Crippen molar-refractivity contribution in [1.82, 2.24) is 4.90 Å². The highest BCUT2D eigenvalue weighted by Crippen LogP contribution is 2.23. The smallest absolute Gasteiger partial charge is 0.0227 e. The lowest BCUT2D eigenvalue weighted by atomic mass is 10.2. The van der Waals surface area contributed by atoms with E-state index in [4.69, 9.17) is 0 Å². The molecule has 1 rings (SSSR count). The summed E-state index contributed by atoms with van der Waals surface area (Å²) < 4.78 is 0.449. The highest BCUT2D eigenvalue weighted by Gasteiger charge is 2.22. The molecule has 11 heavy (non-hydrogen) atoms. The van der Waals surface area contributed by atoms with E-state index in [1.807, 2.05) is 11.8 Å². The third-order valence-electron chi connectivity index (χ3n) is 2.36. The maximum atomic E-state index is 2.58. The standard InChI is InChI=1S/C9H19NS/c1-9(2,11-3)8-10-6-4-5-7-10/h4-8H2,1-3H3. The SMILES string of the molecule is CSC(C)(C)CN1CCCC1. The minimum atomic E-state index is 0.449. The van der Waals surface area contributed by atoms with Crippen molar-refractivity contribution >= 4 is 11.8 Å². The number of hydrogen-bond donors (Lipinski definition) is 0. The van der Waals surface area contributed by atoms with Crippen LogP contribution in [0.3, 0.4) is 0 Å². The number of likely N-dealkylation sites (tertiary alicyclic amines) is 1. The highest BCUT2D eigenvalue weighted by atomic mass is 32.2. The molecule has 0 aliphatic carbocycles. The Hall–Kier alpha value is 0.310. The molecule has 0 unspecified atom stereocenters. The minimum Gasteiger partial charge on any atom is -0.302 e. The van der Waals surface area contributed by atoms with Crippen molar-refractivity contribution in [1.29, 1.82) is 0 Å². The summed E-state index contributed by atoms with van der Waals surface area (Å²) in [5.74, 6) is 0. The third kappa shape index (κ3) is 3.04. The summed E-state index contributed by atoms with van der Waals surface area (Å²) in [6.07, 6.45) is 5.02. The van der Waals surface area contributed by atoms with Crippen molar-refractivity contribution in [2.75, 3.05) is 25.9 Å². The Kier molecular flexibility index (Phi) is 3.26. The molecule has 0 aromatic rings. The average Bonchev–Trinajstić information content (AvgIpc) is 2.39. The summed E-state index contributed by atoms with van der Waals surface area (Å²) in [6, 6.07) is 0. The van der Waals surface area contributed by atoms with Gasteiger partial charge in [0, 0.05) is 11.3 Å². The normalized spacial score (nSPS) is 21.0. The zero-order chi connectivity index (χ0) is 8.32. The first-order chi connectivity index (χ1) is 5.14. The van der Waals surface area contributed by atoms with E-state index in [0.29, 0.717) is 4.75 Å². The fourth-order valence-corrected chi connectivity index (χ4v) is 1.86. The van der Waals surface area contributed by atoms with Crippen LogP contribution >= 0.6 is 11.8 Å². The Balaban J connectivity index is 2.28. The van der Waals surface area contributed by atoms with Crippen LogP contribution in [0.5, 0.6) is 0 Å². The molecule has 0 radical (unpaired) electrons. The Bertz CT molecular complexity index is 117. The number of thioether (sulfide) groups is 1. The zero-order valence-corrected chi connectivity index (χ0v) is 8.71. The summed E-state index contributed by atoms with van der Waals surface area (Å²) in [5, 5.41) is 0. The Morgan fingerprint density at radius 2 is 1.82 bits per heavy atom. The van der Waals surface area contributed by atoms with Gasteiger partial charge >= 0.3 is 0 Å². The van der Waals surface area contributed by atoms with Gasteiger partial charge in [-0.3, -0.25) is 0 Å². The predicted molar refractivity (Wildman–Crippen MR) is 53.3 cm³/mol. The summed E-state index contributed by atoms with van der Waals surface area (Å²) in [7, 11) is 0. The van der Waals surface area contributed by atoms with E-state index in [-0.39, 0.29) is 0 Å². The fraction of sp³-hybridized carbons (Fsp3) is 1.00. The van der Waals surface area contributed by atoms with Crippen molar-refractivity contribution in [2.45, 2.75) is 31.4 Å². The lowest BCUT2D eigenvalue weighted by Crippen LogP contribution is -2.34. The molecule has 1 aliphatic rings. The maximum absolute atomic E-state index is 2.58. The van der Waals surface area contributed by atoms with E-state index in [1.165, 1.54) is 32.5 Å². The molecule has 1 heterocycles. The molecule has 1 aliphatic heterocycles. The van der Waals surface area contributed by atoms with Crippen LogP contribution in [0.25, 0.3) is 0 Å². The summed E-state index contributed by atoms with van der Waals surface area (Å²) in [6.45, 7) is 8.56. The van der Waals surface area contributed by atoms with Gasteiger partial charge in [-0.15, -0.1) is 0 Å². The Morgan fingerprint density at radius 3 is 2.27 bits per heavy atom. The van der Waals surface area contributed by atoms with E-state index >= 15 is 0 Å². The monoisotopic (exact) mass is 173 g/mol. The van der Waals surface area contributed by atoms with Crippen molar-refractivity contribution in [3.8, 4) is 0 Å². The van der Waals surface area contributed by atoms with Gasteiger partial charge in [0.1, 0.15) is 0 Å². The molecule has 1 fully saturated rings. The summed E-state index contributed by atoms with van der Waals surface area (Å²) in [5.41, 5.74) is 0. The second-order valence-electron chi connectivity index (χ2n) is 3.95. The molecule has 0 N–H and O–H groups in total. The molecular weight excluding hydrogens is 154 g/mol. The van der Waals surface area contributed by atoms with Crippen LogP contribution in [-0.2, 0) is 0 Å². The van der Waals surface area contributed by atoms with Crippen molar-refractivity contribution in [3.05, 3.63) is 0 Å². The quantitative estimate of drug-likeness (QED) is 0.644. The van der Waals surface area contributed by atoms with Gasteiger partial charge in [-0.05, 0) is 46.0 Å². The van der Waals surface area contributed by atoms with Gasteiger partial charge in [-0.1, -0.05) is 0 Å². The summed E-state index contributed by atoms with van der Waals surface area (Å²) >= 11 is 1.97. The number of hydrogen-bond acceptors (Lipinski definition) is 2. The fourth-order valence-electron chi connectivity index (χ4n) is 1.54. The molecular formula is C9H19NS. The lowest BCUT2D eigenvalue weighted by molar-refractivity contribution is 0.313. The van der Waals surface area contributed by atoms with Gasteiger partial charge in [0.25, 0.3) is 0 Å². The van der Waals surface area contributed by atoms with E-state index < -0.39 is 0 Å². The van der Waals surface area contributed by atoms with Crippen LogP contribution in [0, 0.1) is 0 Å². The topological polar surface area (TPSA) is 3.24 Å². The molecule has 66 valence electrons. The lowest BCUT2D eigenvalue weighted by Gasteiger charge is -2.27. The number of nitrogens with zero attached hydrogens (tertiary/aromatic N) is 1. The molecule has 0 bridgehead atoms. The predicted octanol–water partition coefficient (Wildman–Crippen LogP) is 2.22. The van der Waals surface area contributed by atoms with Crippen LogP contribution in [0.4, 0.5) is 0 Å². The van der Waals surface area contributed by atoms with E-state index in [2.05, 4.69) is 25.0 Å². The summed E-state index contributed by atoms with van der Waals surface area (Å²) in [4.78, 5) is 2.58. The van der Waals surface area contributed by atoms with Crippen LogP contribution in [-0.4, -0.2) is 35.5 Å². The van der Waals surface area contributed by atoms with Crippen LogP contribution < -0.4 is 0 Å². The second-order valence-corrected chi connectivity index (χ2v) is 5.46. The Morgan fingerprint density at radius 1 is 1.27 bits per heavy atom. The molecule has 0 aromatic heterocycles. The van der Waals surface area contributed by atoms with Gasteiger partial charge in [-0.2, -0.15) is 11.8 Å². The average molecular weight is 173 g/mol. The first-order valence-electron chi connectivity index (χ1n) is 4.41. The molecule has 0 spiro atoms. The highest BCUT2D eigenvalue weighted by molar-refractivity contribution is 7.99.